The Labute approximate surface area is 105 Å². The number of rotatable bonds is 4. The Morgan fingerprint density at radius 1 is 1.35 bits per heavy atom. The van der Waals surface area contributed by atoms with Crippen LogP contribution in [0.25, 0.3) is 0 Å². The topological polar surface area (TPSA) is 44.4 Å². The lowest BCUT2D eigenvalue weighted by Crippen LogP contribution is -2.49. The maximum absolute atomic E-state index is 11.4. The minimum absolute atomic E-state index is 0.0573. The normalized spacial score (nSPS) is 27.5. The molecule has 17 heavy (non-hydrogen) atoms. The fourth-order valence-corrected chi connectivity index (χ4v) is 2.81. The highest BCUT2D eigenvalue weighted by Crippen LogP contribution is 2.20. The van der Waals surface area contributed by atoms with Gasteiger partial charge in [-0.25, -0.2) is 4.79 Å². The summed E-state index contributed by atoms with van der Waals surface area (Å²) < 4.78 is 0. The standard InChI is InChI=1S/C13H27N3O/c1-5-14-13(17)15-12(4)9-16-7-10(2)6-11(3)8-16/h10-12H,5-9H2,1-4H3,(H2,14,15,17). The van der Waals surface area contributed by atoms with Gasteiger partial charge >= 0.3 is 6.03 Å². The highest BCUT2D eigenvalue weighted by Gasteiger charge is 2.23. The van der Waals surface area contributed by atoms with Crippen molar-refractivity contribution in [1.82, 2.24) is 15.5 Å². The third-order valence-electron chi connectivity index (χ3n) is 3.19. The summed E-state index contributed by atoms with van der Waals surface area (Å²) in [6.45, 7) is 12.6. The largest absolute Gasteiger partial charge is 0.338 e. The Bertz CT molecular complexity index is 235. The van der Waals surface area contributed by atoms with Gasteiger partial charge in [-0.05, 0) is 32.1 Å². The molecule has 0 aromatic rings. The van der Waals surface area contributed by atoms with E-state index in [4.69, 9.17) is 0 Å². The van der Waals surface area contributed by atoms with E-state index in [0.717, 1.165) is 31.5 Å². The van der Waals surface area contributed by atoms with Crippen molar-refractivity contribution in [2.24, 2.45) is 11.8 Å². The maximum Gasteiger partial charge on any atom is 0.315 e. The summed E-state index contributed by atoms with van der Waals surface area (Å²) in [6.07, 6.45) is 1.33. The van der Waals surface area contributed by atoms with Crippen molar-refractivity contribution in [2.75, 3.05) is 26.2 Å². The molecule has 0 bridgehead atoms. The fourth-order valence-electron chi connectivity index (χ4n) is 2.81. The summed E-state index contributed by atoms with van der Waals surface area (Å²) in [5.74, 6) is 1.55. The van der Waals surface area contributed by atoms with E-state index in [9.17, 15) is 4.79 Å². The Kier molecular flexibility index (Phi) is 5.75. The molecule has 100 valence electrons. The third-order valence-corrected chi connectivity index (χ3v) is 3.19. The first-order chi connectivity index (χ1) is 8.01. The molecular weight excluding hydrogens is 214 g/mol. The number of nitrogens with zero attached hydrogens (tertiary/aromatic N) is 1. The Morgan fingerprint density at radius 2 is 1.94 bits per heavy atom. The second kappa shape index (κ2) is 6.84. The van der Waals surface area contributed by atoms with Crippen LogP contribution in [0.2, 0.25) is 0 Å². The first-order valence-corrected chi connectivity index (χ1v) is 6.78. The molecule has 1 aliphatic heterocycles. The maximum atomic E-state index is 11.4. The molecule has 1 heterocycles. The van der Waals surface area contributed by atoms with Gasteiger partial charge in [-0.3, -0.25) is 0 Å². The molecule has 2 amide bonds. The van der Waals surface area contributed by atoms with Crippen molar-refractivity contribution in [3.05, 3.63) is 0 Å². The van der Waals surface area contributed by atoms with Crippen LogP contribution >= 0.6 is 0 Å². The van der Waals surface area contributed by atoms with E-state index < -0.39 is 0 Å². The van der Waals surface area contributed by atoms with E-state index in [1.165, 1.54) is 6.42 Å². The number of amides is 2. The third kappa shape index (κ3) is 5.39. The van der Waals surface area contributed by atoms with Crippen molar-refractivity contribution in [3.8, 4) is 0 Å². The van der Waals surface area contributed by atoms with Gasteiger partial charge in [-0.1, -0.05) is 13.8 Å². The zero-order chi connectivity index (χ0) is 12.8. The van der Waals surface area contributed by atoms with Gasteiger partial charge in [-0.15, -0.1) is 0 Å². The van der Waals surface area contributed by atoms with Crippen LogP contribution in [0.1, 0.15) is 34.1 Å². The van der Waals surface area contributed by atoms with Crippen LogP contribution in [0.3, 0.4) is 0 Å². The second-order valence-corrected chi connectivity index (χ2v) is 5.57. The molecule has 3 unspecified atom stereocenters. The van der Waals surface area contributed by atoms with E-state index in [2.05, 4.69) is 36.3 Å². The van der Waals surface area contributed by atoms with Gasteiger partial charge in [0.15, 0.2) is 0 Å². The lowest BCUT2D eigenvalue weighted by molar-refractivity contribution is 0.131. The average Bonchev–Trinajstić information content (AvgIpc) is 2.14. The van der Waals surface area contributed by atoms with Crippen molar-refractivity contribution in [3.63, 3.8) is 0 Å². The minimum atomic E-state index is -0.0573. The molecular formula is C13H27N3O. The molecule has 1 aliphatic rings. The van der Waals surface area contributed by atoms with Crippen molar-refractivity contribution in [1.29, 1.82) is 0 Å². The van der Waals surface area contributed by atoms with Crippen LogP contribution in [0.15, 0.2) is 0 Å². The number of hydrogen-bond donors (Lipinski definition) is 2. The van der Waals surface area contributed by atoms with E-state index >= 15 is 0 Å². The van der Waals surface area contributed by atoms with Gasteiger partial charge in [0.2, 0.25) is 0 Å². The Morgan fingerprint density at radius 3 is 2.47 bits per heavy atom. The van der Waals surface area contributed by atoms with Crippen LogP contribution in [0.5, 0.6) is 0 Å². The summed E-state index contributed by atoms with van der Waals surface area (Å²) in [7, 11) is 0. The van der Waals surface area contributed by atoms with Gasteiger partial charge in [0, 0.05) is 32.2 Å². The first-order valence-electron chi connectivity index (χ1n) is 6.78. The summed E-state index contributed by atoms with van der Waals surface area (Å²) in [4.78, 5) is 13.9. The van der Waals surface area contributed by atoms with E-state index in [0.29, 0.717) is 6.54 Å². The monoisotopic (exact) mass is 241 g/mol. The number of piperidine rings is 1. The molecule has 0 radical (unpaired) electrons. The number of hydrogen-bond acceptors (Lipinski definition) is 2. The van der Waals surface area contributed by atoms with Gasteiger partial charge in [0.1, 0.15) is 0 Å². The average molecular weight is 241 g/mol. The molecule has 1 fully saturated rings. The van der Waals surface area contributed by atoms with Crippen molar-refractivity contribution < 1.29 is 4.79 Å². The molecule has 4 heteroatoms. The molecule has 0 saturated carbocycles. The van der Waals surface area contributed by atoms with Gasteiger partial charge in [-0.2, -0.15) is 0 Å². The van der Waals surface area contributed by atoms with Crippen LogP contribution < -0.4 is 10.6 Å². The predicted octanol–water partition coefficient (Wildman–Crippen LogP) is 1.67. The quantitative estimate of drug-likeness (QED) is 0.786. The molecule has 3 atom stereocenters. The van der Waals surface area contributed by atoms with Crippen molar-refractivity contribution >= 4 is 6.03 Å². The van der Waals surface area contributed by atoms with Gasteiger partial charge < -0.3 is 15.5 Å². The first kappa shape index (κ1) is 14.3. The summed E-state index contributed by atoms with van der Waals surface area (Å²) in [6, 6.07) is 0.150. The summed E-state index contributed by atoms with van der Waals surface area (Å²) in [5.41, 5.74) is 0. The van der Waals surface area contributed by atoms with Crippen LogP contribution in [-0.2, 0) is 0 Å². The zero-order valence-electron chi connectivity index (χ0n) is 11.6. The van der Waals surface area contributed by atoms with Gasteiger partial charge in [0.05, 0.1) is 0 Å². The number of nitrogens with one attached hydrogen (secondary N) is 2. The minimum Gasteiger partial charge on any atom is -0.338 e. The number of likely N-dealkylation sites (tertiary alicyclic amines) is 1. The molecule has 0 aromatic heterocycles. The highest BCUT2D eigenvalue weighted by atomic mass is 16.2. The molecule has 1 rings (SSSR count). The number of carbonyl (C=O) groups excluding carboxylic acids is 1. The molecule has 0 aliphatic carbocycles. The molecule has 4 nitrogen and oxygen atoms in total. The lowest BCUT2D eigenvalue weighted by Gasteiger charge is -2.36. The smallest absolute Gasteiger partial charge is 0.315 e. The van der Waals surface area contributed by atoms with Crippen LogP contribution in [0, 0.1) is 11.8 Å². The van der Waals surface area contributed by atoms with E-state index in [1.54, 1.807) is 0 Å². The SMILES string of the molecule is CCNC(=O)NC(C)CN1CC(C)CC(C)C1. The summed E-state index contributed by atoms with van der Waals surface area (Å²) >= 11 is 0. The molecule has 1 saturated heterocycles. The fraction of sp³-hybridized carbons (Fsp3) is 0.923. The highest BCUT2D eigenvalue weighted by molar-refractivity contribution is 5.74. The van der Waals surface area contributed by atoms with Crippen LogP contribution in [-0.4, -0.2) is 43.2 Å². The zero-order valence-corrected chi connectivity index (χ0v) is 11.6. The van der Waals surface area contributed by atoms with Crippen LogP contribution in [0.4, 0.5) is 4.79 Å². The second-order valence-electron chi connectivity index (χ2n) is 5.57. The number of carbonyl (C=O) groups is 1. The van der Waals surface area contributed by atoms with E-state index in [-0.39, 0.29) is 12.1 Å². The number of urea groups is 1. The predicted molar refractivity (Wildman–Crippen MR) is 71.1 cm³/mol. The Balaban J connectivity index is 2.30. The molecule has 0 aromatic carbocycles. The lowest BCUT2D eigenvalue weighted by atomic mass is 9.92. The van der Waals surface area contributed by atoms with Crippen molar-refractivity contribution in [2.45, 2.75) is 40.2 Å². The van der Waals surface area contributed by atoms with Gasteiger partial charge in [0.25, 0.3) is 0 Å². The Hall–Kier alpha value is -0.770. The van der Waals surface area contributed by atoms with E-state index in [1.807, 2.05) is 6.92 Å². The molecule has 0 spiro atoms. The molecule has 2 N–H and O–H groups in total. The summed E-state index contributed by atoms with van der Waals surface area (Å²) in [5, 5.41) is 5.73.